The fraction of sp³-hybridized carbons (Fsp3) is 0.600. The Balaban J connectivity index is 2.16. The van der Waals surface area contributed by atoms with Gasteiger partial charge in [-0.15, -0.1) is 11.3 Å². The average Bonchev–Trinajstić information content (AvgIpc) is 2.83. The third-order valence-electron chi connectivity index (χ3n) is 2.75. The van der Waals surface area contributed by atoms with Crippen LogP contribution in [-0.2, 0) is 9.53 Å². The summed E-state index contributed by atoms with van der Waals surface area (Å²) in [5, 5.41) is 0. The topological polar surface area (TPSA) is 68.5 Å². The summed E-state index contributed by atoms with van der Waals surface area (Å²) < 4.78 is 5.01. The predicted octanol–water partition coefficient (Wildman–Crippen LogP) is 0.390. The van der Waals surface area contributed by atoms with E-state index < -0.39 is 0 Å². The molecule has 0 aromatic carbocycles. The van der Waals surface area contributed by atoms with E-state index in [1.165, 1.54) is 11.3 Å². The molecule has 2 atom stereocenters. The lowest BCUT2D eigenvalue weighted by Gasteiger charge is -2.25. The highest BCUT2D eigenvalue weighted by atomic mass is 32.1. The van der Waals surface area contributed by atoms with Crippen molar-refractivity contribution in [2.45, 2.75) is 18.5 Å². The van der Waals surface area contributed by atoms with Crippen molar-refractivity contribution in [3.8, 4) is 0 Å². The van der Waals surface area contributed by atoms with Gasteiger partial charge in [-0.1, -0.05) is 0 Å². The zero-order valence-corrected chi connectivity index (χ0v) is 9.94. The van der Waals surface area contributed by atoms with Crippen LogP contribution in [0.1, 0.15) is 17.3 Å². The fourth-order valence-electron chi connectivity index (χ4n) is 2.01. The average molecular weight is 241 g/mol. The van der Waals surface area contributed by atoms with Crippen LogP contribution in [-0.4, -0.2) is 42.1 Å². The Labute approximate surface area is 98.2 Å². The van der Waals surface area contributed by atoms with Crippen LogP contribution in [0.3, 0.4) is 0 Å². The number of carbonyl (C=O) groups excluding carboxylic acids is 1. The number of aromatic nitrogens is 1. The zero-order valence-electron chi connectivity index (χ0n) is 9.13. The van der Waals surface area contributed by atoms with Crippen molar-refractivity contribution in [3.63, 3.8) is 0 Å². The van der Waals surface area contributed by atoms with E-state index in [1.54, 1.807) is 23.7 Å². The Kier molecular flexibility index (Phi) is 3.52. The molecule has 2 unspecified atom stereocenters. The molecular weight excluding hydrogens is 226 g/mol. The first-order valence-corrected chi connectivity index (χ1v) is 6.04. The van der Waals surface area contributed by atoms with Gasteiger partial charge in [0.2, 0.25) is 5.91 Å². The molecule has 6 heteroatoms. The van der Waals surface area contributed by atoms with Crippen molar-refractivity contribution in [3.05, 3.63) is 16.6 Å². The smallest absolute Gasteiger partial charge is 0.224 e. The van der Waals surface area contributed by atoms with Crippen LogP contribution in [0.25, 0.3) is 0 Å². The molecule has 2 heterocycles. The molecule has 1 saturated heterocycles. The summed E-state index contributed by atoms with van der Waals surface area (Å²) in [4.78, 5) is 18.6. The van der Waals surface area contributed by atoms with Gasteiger partial charge in [0, 0.05) is 37.2 Å². The summed E-state index contributed by atoms with van der Waals surface area (Å²) in [6.07, 6.45) is 2.19. The van der Waals surface area contributed by atoms with Gasteiger partial charge in [0.1, 0.15) is 0 Å². The molecule has 5 nitrogen and oxygen atoms in total. The number of nitrogens with two attached hydrogens (primary N) is 1. The number of ether oxygens (including phenoxy) is 1. The summed E-state index contributed by atoms with van der Waals surface area (Å²) in [6, 6.07) is -0.167. The van der Waals surface area contributed by atoms with Gasteiger partial charge in [-0.05, 0) is 0 Å². The predicted molar refractivity (Wildman–Crippen MR) is 61.0 cm³/mol. The molecule has 0 bridgehead atoms. The molecule has 0 spiro atoms. The van der Waals surface area contributed by atoms with Crippen LogP contribution in [0, 0.1) is 0 Å². The van der Waals surface area contributed by atoms with Crippen LogP contribution >= 0.6 is 11.3 Å². The number of rotatable bonds is 4. The molecule has 0 saturated carbocycles. The second-order valence-corrected chi connectivity index (χ2v) is 4.71. The van der Waals surface area contributed by atoms with E-state index in [-0.39, 0.29) is 18.0 Å². The number of hydrogen-bond donors (Lipinski definition) is 1. The molecule has 1 aliphatic heterocycles. The van der Waals surface area contributed by atoms with Gasteiger partial charge in [0.15, 0.2) is 0 Å². The third kappa shape index (κ3) is 2.09. The van der Waals surface area contributed by atoms with E-state index in [1.807, 2.05) is 0 Å². The summed E-state index contributed by atoms with van der Waals surface area (Å²) in [6.45, 7) is 1.12. The molecule has 1 aromatic rings. The van der Waals surface area contributed by atoms with Crippen LogP contribution in [0.4, 0.5) is 0 Å². The lowest BCUT2D eigenvalue weighted by atomic mass is 10.1. The van der Waals surface area contributed by atoms with Gasteiger partial charge in [0.05, 0.1) is 18.2 Å². The van der Waals surface area contributed by atoms with Gasteiger partial charge in [0.25, 0.3) is 0 Å². The maximum Gasteiger partial charge on any atom is 0.224 e. The molecule has 0 aliphatic carbocycles. The molecule has 1 aliphatic rings. The number of likely N-dealkylation sites (tertiary alicyclic amines) is 1. The van der Waals surface area contributed by atoms with Crippen molar-refractivity contribution >= 4 is 17.2 Å². The third-order valence-corrected chi connectivity index (χ3v) is 3.60. The van der Waals surface area contributed by atoms with Crippen LogP contribution in [0.5, 0.6) is 0 Å². The normalized spacial score (nSPS) is 25.4. The minimum Gasteiger partial charge on any atom is -0.383 e. The largest absolute Gasteiger partial charge is 0.383 e. The second kappa shape index (κ2) is 4.90. The first-order chi connectivity index (χ1) is 7.74. The molecular formula is C10H15N3O2S. The number of nitrogens with zero attached hydrogens (tertiary/aromatic N) is 2. The van der Waals surface area contributed by atoms with E-state index in [0.717, 1.165) is 4.88 Å². The van der Waals surface area contributed by atoms with Gasteiger partial charge in [-0.2, -0.15) is 0 Å². The monoisotopic (exact) mass is 241 g/mol. The maximum atomic E-state index is 11.8. The molecule has 16 heavy (non-hydrogen) atoms. The zero-order chi connectivity index (χ0) is 11.5. The summed E-state index contributed by atoms with van der Waals surface area (Å²) in [5.74, 6) is 0.1000. The van der Waals surface area contributed by atoms with E-state index in [4.69, 9.17) is 10.5 Å². The Bertz CT molecular complexity index is 355. The highest BCUT2D eigenvalue weighted by Crippen LogP contribution is 2.33. The summed E-state index contributed by atoms with van der Waals surface area (Å²) in [5.41, 5.74) is 7.76. The van der Waals surface area contributed by atoms with Gasteiger partial charge in [-0.3, -0.25) is 9.78 Å². The molecule has 0 radical (unpaired) electrons. The Morgan fingerprint density at radius 1 is 1.75 bits per heavy atom. The quantitative estimate of drug-likeness (QED) is 0.828. The Hall–Kier alpha value is -0.980. The van der Waals surface area contributed by atoms with E-state index in [2.05, 4.69) is 4.98 Å². The van der Waals surface area contributed by atoms with Crippen molar-refractivity contribution in [1.29, 1.82) is 0 Å². The molecule has 2 rings (SSSR count). The van der Waals surface area contributed by atoms with E-state index in [9.17, 15) is 4.79 Å². The minimum atomic E-state index is -0.134. The molecule has 1 amide bonds. The SMILES string of the molecule is COCCN1C(=O)CC(N)C1c1cncs1. The number of methoxy groups -OCH3 is 1. The highest BCUT2D eigenvalue weighted by Gasteiger charge is 2.38. The van der Waals surface area contributed by atoms with Crippen molar-refractivity contribution in [2.24, 2.45) is 5.73 Å². The number of thiazole rings is 1. The number of hydrogen-bond acceptors (Lipinski definition) is 5. The highest BCUT2D eigenvalue weighted by molar-refractivity contribution is 7.09. The lowest BCUT2D eigenvalue weighted by molar-refractivity contribution is -0.129. The minimum absolute atomic E-state index is 0.0323. The molecule has 2 N–H and O–H groups in total. The van der Waals surface area contributed by atoms with Crippen molar-refractivity contribution in [1.82, 2.24) is 9.88 Å². The van der Waals surface area contributed by atoms with Gasteiger partial charge >= 0.3 is 0 Å². The van der Waals surface area contributed by atoms with Gasteiger partial charge < -0.3 is 15.4 Å². The Morgan fingerprint density at radius 2 is 2.56 bits per heavy atom. The second-order valence-electron chi connectivity index (χ2n) is 3.80. The van der Waals surface area contributed by atoms with Crippen molar-refractivity contribution < 1.29 is 9.53 Å². The molecule has 1 aromatic heterocycles. The number of carbonyl (C=O) groups is 1. The summed E-state index contributed by atoms with van der Waals surface area (Å²) in [7, 11) is 1.63. The Morgan fingerprint density at radius 3 is 3.19 bits per heavy atom. The van der Waals surface area contributed by atoms with Crippen LogP contribution < -0.4 is 5.73 Å². The lowest BCUT2D eigenvalue weighted by Crippen LogP contribution is -2.34. The summed E-state index contributed by atoms with van der Waals surface area (Å²) >= 11 is 1.54. The first-order valence-electron chi connectivity index (χ1n) is 5.16. The van der Waals surface area contributed by atoms with Crippen molar-refractivity contribution in [2.75, 3.05) is 20.3 Å². The first kappa shape index (κ1) is 11.5. The standard InChI is InChI=1S/C10H15N3O2S/c1-15-3-2-13-9(14)4-7(11)10(13)8-5-12-6-16-8/h5-7,10H,2-4,11H2,1H3. The van der Waals surface area contributed by atoms with Gasteiger partial charge in [-0.25, -0.2) is 0 Å². The maximum absolute atomic E-state index is 11.8. The molecule has 88 valence electrons. The van der Waals surface area contributed by atoms with Crippen LogP contribution in [0.15, 0.2) is 11.7 Å². The fourth-order valence-corrected chi connectivity index (χ4v) is 2.81. The van der Waals surface area contributed by atoms with Crippen LogP contribution in [0.2, 0.25) is 0 Å². The molecule has 1 fully saturated rings. The van der Waals surface area contributed by atoms with E-state index in [0.29, 0.717) is 19.6 Å². The van der Waals surface area contributed by atoms with E-state index >= 15 is 0 Å². The number of amides is 1.